The fourth-order valence-corrected chi connectivity index (χ4v) is 2.93. The lowest BCUT2D eigenvalue weighted by Gasteiger charge is -2.44. The van der Waals surface area contributed by atoms with Crippen LogP contribution in [0.25, 0.3) is 0 Å². The Hall–Kier alpha value is -1.20. The molecular weight excluding hydrogens is 266 g/mol. The Morgan fingerprint density at radius 1 is 1.53 bits per heavy atom. The molecule has 2 aliphatic rings. The summed E-state index contributed by atoms with van der Waals surface area (Å²) < 4.78 is 11.0. The van der Waals surface area contributed by atoms with Crippen LogP contribution in [-0.2, 0) is 0 Å². The Labute approximate surface area is 118 Å². The predicted octanol–water partition coefficient (Wildman–Crippen LogP) is 1.65. The molecule has 1 aromatic heterocycles. The van der Waals surface area contributed by atoms with Gasteiger partial charge in [0.25, 0.3) is 0 Å². The van der Waals surface area contributed by atoms with E-state index in [1.165, 1.54) is 0 Å². The molecule has 0 radical (unpaired) electrons. The van der Waals surface area contributed by atoms with E-state index in [1.54, 1.807) is 13.2 Å². The van der Waals surface area contributed by atoms with Crippen LogP contribution in [0.15, 0.2) is 6.07 Å². The van der Waals surface area contributed by atoms with Crippen LogP contribution < -0.4 is 14.4 Å². The van der Waals surface area contributed by atoms with Crippen LogP contribution in [-0.4, -0.2) is 55.8 Å². The number of hydrogen-bond donors (Lipinski definition) is 0. The molecule has 104 valence electrons. The summed E-state index contributed by atoms with van der Waals surface area (Å²) in [5, 5.41) is 0.492. The van der Waals surface area contributed by atoms with Gasteiger partial charge in [-0.05, 0) is 6.54 Å². The molecule has 0 aliphatic carbocycles. The van der Waals surface area contributed by atoms with Crippen molar-refractivity contribution in [1.29, 1.82) is 0 Å². The largest absolute Gasteiger partial charge is 0.487 e. The van der Waals surface area contributed by atoms with E-state index in [0.717, 1.165) is 37.7 Å². The van der Waals surface area contributed by atoms with Crippen LogP contribution in [0.4, 0.5) is 5.82 Å². The molecule has 2 aliphatic heterocycles. The number of hydrogen-bond acceptors (Lipinski definition) is 5. The number of fused-ring (bicyclic) bond motifs is 3. The SMILES string of the molecule is CCN1CCN2c3nc(OC)c(Cl)cc3OC[C@@H]2C1. The Morgan fingerprint density at radius 3 is 3.11 bits per heavy atom. The molecule has 19 heavy (non-hydrogen) atoms. The molecular formula is C13H18ClN3O2. The Morgan fingerprint density at radius 2 is 2.37 bits per heavy atom. The molecule has 0 saturated carbocycles. The van der Waals surface area contributed by atoms with E-state index in [9.17, 15) is 0 Å². The molecule has 1 atom stereocenters. The molecule has 1 aromatic rings. The number of aromatic nitrogens is 1. The van der Waals surface area contributed by atoms with Gasteiger partial charge in [0.1, 0.15) is 11.6 Å². The molecule has 3 rings (SSSR count). The van der Waals surface area contributed by atoms with Gasteiger partial charge in [-0.1, -0.05) is 18.5 Å². The van der Waals surface area contributed by atoms with Gasteiger partial charge < -0.3 is 14.4 Å². The lowest BCUT2D eigenvalue weighted by Crippen LogP contribution is -2.57. The quantitative estimate of drug-likeness (QED) is 0.825. The number of halogens is 1. The molecule has 0 aromatic carbocycles. The van der Waals surface area contributed by atoms with Crippen LogP contribution in [0.2, 0.25) is 5.02 Å². The van der Waals surface area contributed by atoms with Crippen molar-refractivity contribution in [1.82, 2.24) is 9.88 Å². The van der Waals surface area contributed by atoms with Crippen LogP contribution >= 0.6 is 11.6 Å². The molecule has 1 saturated heterocycles. The number of rotatable bonds is 2. The summed E-state index contributed by atoms with van der Waals surface area (Å²) in [6.07, 6.45) is 0. The predicted molar refractivity (Wildman–Crippen MR) is 74.5 cm³/mol. The van der Waals surface area contributed by atoms with E-state index < -0.39 is 0 Å². The average Bonchev–Trinajstić information content (AvgIpc) is 2.45. The highest BCUT2D eigenvalue weighted by atomic mass is 35.5. The van der Waals surface area contributed by atoms with Gasteiger partial charge in [-0.15, -0.1) is 0 Å². The van der Waals surface area contributed by atoms with E-state index in [-0.39, 0.29) is 0 Å². The summed E-state index contributed by atoms with van der Waals surface area (Å²) in [7, 11) is 1.58. The maximum Gasteiger partial charge on any atom is 0.234 e. The molecule has 0 amide bonds. The van der Waals surface area contributed by atoms with Crippen LogP contribution in [0, 0.1) is 0 Å². The summed E-state index contributed by atoms with van der Waals surface area (Å²) in [5.74, 6) is 2.07. The fourth-order valence-electron chi connectivity index (χ4n) is 2.72. The minimum atomic E-state index is 0.361. The van der Waals surface area contributed by atoms with Crippen LogP contribution in [0.5, 0.6) is 11.6 Å². The molecule has 0 bridgehead atoms. The number of pyridine rings is 1. The molecule has 1 fully saturated rings. The van der Waals surface area contributed by atoms with Crippen LogP contribution in [0.1, 0.15) is 6.92 Å². The van der Waals surface area contributed by atoms with E-state index in [1.807, 2.05) is 0 Å². The van der Waals surface area contributed by atoms with Crippen molar-refractivity contribution in [3.8, 4) is 11.6 Å². The molecule has 3 heterocycles. The number of nitrogens with zero attached hydrogens (tertiary/aromatic N) is 3. The second kappa shape index (κ2) is 5.06. The van der Waals surface area contributed by atoms with Crippen molar-refractivity contribution in [2.24, 2.45) is 0 Å². The van der Waals surface area contributed by atoms with Crippen molar-refractivity contribution in [2.45, 2.75) is 13.0 Å². The topological polar surface area (TPSA) is 37.8 Å². The zero-order valence-corrected chi connectivity index (χ0v) is 12.0. The smallest absolute Gasteiger partial charge is 0.234 e. The van der Waals surface area contributed by atoms with Gasteiger partial charge in [0.15, 0.2) is 11.6 Å². The second-order valence-corrected chi connectivity index (χ2v) is 5.26. The molecule has 0 spiro atoms. The van der Waals surface area contributed by atoms with Crippen LogP contribution in [0.3, 0.4) is 0 Å². The number of methoxy groups -OCH3 is 1. The molecule has 0 N–H and O–H groups in total. The normalized spacial score (nSPS) is 22.5. The van der Waals surface area contributed by atoms with Gasteiger partial charge in [-0.2, -0.15) is 4.98 Å². The number of ether oxygens (including phenoxy) is 2. The van der Waals surface area contributed by atoms with Crippen molar-refractivity contribution in [3.05, 3.63) is 11.1 Å². The summed E-state index contributed by atoms with van der Waals surface area (Å²) in [5.41, 5.74) is 0. The van der Waals surface area contributed by atoms with E-state index in [2.05, 4.69) is 21.7 Å². The molecule has 6 heteroatoms. The third-order valence-corrected chi connectivity index (χ3v) is 4.07. The summed E-state index contributed by atoms with van der Waals surface area (Å²) >= 11 is 6.09. The zero-order chi connectivity index (χ0) is 13.4. The van der Waals surface area contributed by atoms with Gasteiger partial charge >= 0.3 is 0 Å². The van der Waals surface area contributed by atoms with E-state index >= 15 is 0 Å². The van der Waals surface area contributed by atoms with Gasteiger partial charge in [-0.25, -0.2) is 0 Å². The van der Waals surface area contributed by atoms with Crippen molar-refractivity contribution in [2.75, 3.05) is 44.8 Å². The van der Waals surface area contributed by atoms with Gasteiger partial charge in [0.2, 0.25) is 5.88 Å². The first-order chi connectivity index (χ1) is 9.22. The van der Waals surface area contributed by atoms with E-state index in [4.69, 9.17) is 21.1 Å². The fraction of sp³-hybridized carbons (Fsp3) is 0.615. The highest BCUT2D eigenvalue weighted by Crippen LogP contribution is 2.38. The Bertz CT molecular complexity index is 483. The monoisotopic (exact) mass is 283 g/mol. The van der Waals surface area contributed by atoms with Gasteiger partial charge in [-0.3, -0.25) is 4.90 Å². The highest BCUT2D eigenvalue weighted by molar-refractivity contribution is 6.32. The summed E-state index contributed by atoms with van der Waals surface area (Å²) in [6, 6.07) is 2.16. The highest BCUT2D eigenvalue weighted by Gasteiger charge is 2.34. The number of piperazine rings is 1. The van der Waals surface area contributed by atoms with E-state index in [0.29, 0.717) is 23.6 Å². The first kappa shape index (κ1) is 12.8. The maximum atomic E-state index is 6.09. The molecule has 5 nitrogen and oxygen atoms in total. The summed E-state index contributed by atoms with van der Waals surface area (Å²) in [6.45, 7) is 6.99. The Balaban J connectivity index is 1.92. The lowest BCUT2D eigenvalue weighted by molar-refractivity contribution is 0.170. The summed E-state index contributed by atoms with van der Waals surface area (Å²) in [4.78, 5) is 9.24. The first-order valence-electron chi connectivity index (χ1n) is 6.59. The minimum absolute atomic E-state index is 0.361. The van der Waals surface area contributed by atoms with Gasteiger partial charge in [0.05, 0.1) is 13.2 Å². The average molecular weight is 284 g/mol. The number of likely N-dealkylation sites (N-methyl/N-ethyl adjacent to an activating group) is 1. The van der Waals surface area contributed by atoms with Crippen molar-refractivity contribution < 1.29 is 9.47 Å². The zero-order valence-electron chi connectivity index (χ0n) is 11.2. The second-order valence-electron chi connectivity index (χ2n) is 4.85. The van der Waals surface area contributed by atoms with Crippen molar-refractivity contribution in [3.63, 3.8) is 0 Å². The minimum Gasteiger partial charge on any atom is -0.487 e. The molecule has 0 unspecified atom stereocenters. The Kier molecular flexibility index (Phi) is 3.41. The lowest BCUT2D eigenvalue weighted by atomic mass is 10.1. The first-order valence-corrected chi connectivity index (χ1v) is 6.97. The maximum absolute atomic E-state index is 6.09. The number of anilines is 1. The third-order valence-electron chi connectivity index (χ3n) is 3.80. The third kappa shape index (κ3) is 2.21. The standard InChI is InChI=1S/C13H18ClN3O2/c1-3-16-4-5-17-9(7-16)8-19-11-6-10(14)13(18-2)15-12(11)17/h6,9H,3-5,7-8H2,1-2H3/t9-/m0/s1. The van der Waals surface area contributed by atoms with Gasteiger partial charge in [0, 0.05) is 25.7 Å². The van der Waals surface area contributed by atoms with Crippen molar-refractivity contribution >= 4 is 17.4 Å².